The zero-order chi connectivity index (χ0) is 46.4. The van der Waals surface area contributed by atoms with Crippen molar-refractivity contribution in [3.8, 4) is 0 Å². The Bertz CT molecular complexity index is 1860. The molecule has 2 aliphatic carbocycles. The van der Waals surface area contributed by atoms with Gasteiger partial charge in [-0.2, -0.15) is 0 Å². The summed E-state index contributed by atoms with van der Waals surface area (Å²) in [4.78, 5) is 69.7. The number of aliphatic hydroxyl groups excluding tert-OH is 1. The maximum atomic E-state index is 15.2. The summed E-state index contributed by atoms with van der Waals surface area (Å²) in [5.41, 5.74) is -5.63. The average Bonchev–Trinajstić information content (AvgIpc) is 3.17. The maximum absolute atomic E-state index is 15.2. The molecule has 0 spiro atoms. The minimum absolute atomic E-state index is 0.0200. The largest absolute Gasteiger partial charge is 0.479 e. The molecule has 17 heteroatoms. The molecule has 0 aromatic heterocycles. The monoisotopic (exact) mass is 907 g/mol. The highest BCUT2D eigenvalue weighted by molar-refractivity contribution is 7.98. The topological polar surface area (TPSA) is 202 Å². The van der Waals surface area contributed by atoms with Crippen molar-refractivity contribution in [1.29, 1.82) is 0 Å². The van der Waals surface area contributed by atoms with Crippen LogP contribution in [0, 0.1) is 17.3 Å². The fourth-order valence-electron chi connectivity index (χ4n) is 8.76. The molecular weight excluding hydrogens is 843 g/mol. The average molecular weight is 908 g/mol. The Morgan fingerprint density at radius 2 is 1.65 bits per heavy atom. The van der Waals surface area contributed by atoms with Crippen LogP contribution < -0.4 is 5.32 Å². The van der Waals surface area contributed by atoms with Gasteiger partial charge in [-0.05, 0) is 82.7 Å². The summed E-state index contributed by atoms with van der Waals surface area (Å²) < 4.78 is 42.4. The molecule has 1 saturated heterocycles. The predicted molar refractivity (Wildman–Crippen MR) is 234 cm³/mol. The lowest BCUT2D eigenvalue weighted by molar-refractivity contribution is -0.295. The van der Waals surface area contributed by atoms with Crippen LogP contribution in [0.1, 0.15) is 98.9 Å². The molecule has 0 radical (unpaired) electrons. The quantitative estimate of drug-likeness (QED) is 0.0656. The number of ether oxygens (including phenoxy) is 7. The van der Waals surface area contributed by atoms with Crippen molar-refractivity contribution in [2.24, 2.45) is 17.3 Å². The van der Waals surface area contributed by atoms with E-state index in [4.69, 9.17) is 33.2 Å². The van der Waals surface area contributed by atoms with Crippen LogP contribution in [-0.2, 0) is 47.5 Å². The minimum Gasteiger partial charge on any atom is -0.479 e. The number of allylic oxidation sites excluding steroid dienone is 1. The van der Waals surface area contributed by atoms with E-state index in [2.05, 4.69) is 5.32 Å². The highest BCUT2D eigenvalue weighted by Crippen LogP contribution is 2.58. The summed E-state index contributed by atoms with van der Waals surface area (Å²) in [7, 11) is 0. The van der Waals surface area contributed by atoms with Gasteiger partial charge in [0.05, 0.1) is 36.7 Å². The molecule has 3 N–H and O–H groups in total. The molecule has 0 saturated carbocycles. The van der Waals surface area contributed by atoms with Gasteiger partial charge in [0.25, 0.3) is 0 Å². The van der Waals surface area contributed by atoms with E-state index < -0.39 is 94.8 Å². The smallest absolute Gasteiger partial charge is 0.407 e. The van der Waals surface area contributed by atoms with Crippen LogP contribution in [0.25, 0.3) is 0 Å². The molecule has 1 aromatic rings. The third kappa shape index (κ3) is 11.2. The fourth-order valence-corrected chi connectivity index (χ4v) is 9.28. The van der Waals surface area contributed by atoms with Gasteiger partial charge in [-0.15, -0.1) is 23.5 Å². The summed E-state index contributed by atoms with van der Waals surface area (Å²) in [6.07, 6.45) is -2.98. The fraction of sp³-hybridized carbons (Fsp3) is 0.667. The van der Waals surface area contributed by atoms with Crippen molar-refractivity contribution in [3.63, 3.8) is 0 Å². The standard InChI is InChI=1S/C45H65NO14S2/c1-25(2)20-30(46-41(52)60-42(6,7)8)35(48)40(51)57-31-21-45(53)38(58-39(50)29-16-14-13-15-17-29)34(44(59-28(5)47)22-55-32(44)18-19-54-23-61-11)27(4)37(56-24-62-12)36(49)33(26(31)3)43(45,9)10/h13-17,25,30-32,34-35,38,48,53H,18-24H2,1-12H3,(H,46,52)/b37-27+/t30-,31-,32+,34+,35+,38-,44-,45+/m0/s1. The van der Waals surface area contributed by atoms with Gasteiger partial charge >= 0.3 is 24.0 Å². The number of hydrogen-bond acceptors (Lipinski definition) is 16. The Morgan fingerprint density at radius 3 is 2.19 bits per heavy atom. The van der Waals surface area contributed by atoms with E-state index in [1.54, 1.807) is 85.1 Å². The van der Waals surface area contributed by atoms with Crippen molar-refractivity contribution in [1.82, 2.24) is 5.32 Å². The SMILES string of the molecule is CSCOCC[C@H]1OC[C@@]1(OC(C)=O)[C@@H]1/C(C)=C(/OCSC)C(=O)C2=C(C)[C@@H](OC(=O)[C@H](O)[C@H](CC(C)C)NC(=O)OC(C)(C)C)C[C@@](O)([C@H]1OC(=O)c1ccccc1)C2(C)C. The zero-order valence-corrected chi connectivity index (χ0v) is 39.6. The molecule has 346 valence electrons. The number of aliphatic hydroxyl groups is 2. The third-order valence-electron chi connectivity index (χ3n) is 11.6. The van der Waals surface area contributed by atoms with Gasteiger partial charge < -0.3 is 48.7 Å². The first-order chi connectivity index (χ1) is 28.9. The van der Waals surface area contributed by atoms with Gasteiger partial charge in [-0.3, -0.25) is 9.59 Å². The summed E-state index contributed by atoms with van der Waals surface area (Å²) in [5.74, 6) is -4.37. The molecule has 1 fully saturated rings. The Morgan fingerprint density at radius 1 is 1.00 bits per heavy atom. The Labute approximate surface area is 373 Å². The summed E-state index contributed by atoms with van der Waals surface area (Å²) in [6.45, 7) is 16.5. The summed E-state index contributed by atoms with van der Waals surface area (Å²) >= 11 is 2.78. The molecule has 8 atom stereocenters. The highest BCUT2D eigenvalue weighted by Gasteiger charge is 2.70. The number of benzene rings is 1. The number of esters is 3. The van der Waals surface area contributed by atoms with Crippen LogP contribution in [0.15, 0.2) is 52.8 Å². The number of carbonyl (C=O) groups excluding carboxylic acids is 5. The molecule has 1 aromatic carbocycles. The van der Waals surface area contributed by atoms with Gasteiger partial charge in [0.15, 0.2) is 17.5 Å². The van der Waals surface area contributed by atoms with E-state index in [-0.39, 0.29) is 66.0 Å². The van der Waals surface area contributed by atoms with Crippen LogP contribution in [0.2, 0.25) is 0 Å². The lowest BCUT2D eigenvalue weighted by Gasteiger charge is -2.60. The van der Waals surface area contributed by atoms with Crippen molar-refractivity contribution >= 4 is 53.3 Å². The number of Topliss-reactive ketones (excluding diaryl/α,β-unsaturated/α-hetero) is 1. The predicted octanol–water partition coefficient (Wildman–Crippen LogP) is 6.14. The van der Waals surface area contributed by atoms with Crippen LogP contribution in [0.4, 0.5) is 4.79 Å². The molecule has 15 nitrogen and oxygen atoms in total. The van der Waals surface area contributed by atoms with E-state index in [0.29, 0.717) is 5.94 Å². The van der Waals surface area contributed by atoms with Crippen LogP contribution in [0.5, 0.6) is 0 Å². The Hall–Kier alpha value is -3.61. The molecule has 4 rings (SSSR count). The molecule has 1 aliphatic heterocycles. The molecule has 2 bridgehead atoms. The van der Waals surface area contributed by atoms with E-state index in [0.717, 1.165) is 0 Å². The summed E-state index contributed by atoms with van der Waals surface area (Å²) in [6, 6.07) is 7.01. The lowest BCUT2D eigenvalue weighted by atomic mass is 9.53. The van der Waals surface area contributed by atoms with E-state index in [1.165, 1.54) is 30.4 Å². The number of rotatable bonds is 18. The third-order valence-corrected chi connectivity index (χ3v) is 12.4. The Balaban J connectivity index is 1.97. The van der Waals surface area contributed by atoms with Crippen molar-refractivity contribution in [3.05, 3.63) is 58.4 Å². The van der Waals surface area contributed by atoms with Crippen molar-refractivity contribution in [2.45, 2.75) is 136 Å². The number of hydrogen-bond donors (Lipinski definition) is 3. The number of thioether (sulfide) groups is 2. The van der Waals surface area contributed by atoms with Gasteiger partial charge in [0, 0.05) is 30.8 Å². The van der Waals surface area contributed by atoms with E-state index in [1.807, 2.05) is 20.1 Å². The number of carbonyl (C=O) groups is 5. The van der Waals surface area contributed by atoms with E-state index in [9.17, 15) is 29.4 Å². The molecule has 0 unspecified atom stereocenters. The van der Waals surface area contributed by atoms with Gasteiger partial charge in [-0.1, -0.05) is 45.9 Å². The Kier molecular flexibility index (Phi) is 17.2. The molecule has 1 heterocycles. The summed E-state index contributed by atoms with van der Waals surface area (Å²) in [5, 5.41) is 27.8. The van der Waals surface area contributed by atoms with E-state index >= 15 is 4.79 Å². The van der Waals surface area contributed by atoms with Crippen LogP contribution in [-0.4, -0.2) is 125 Å². The molecule has 1 amide bonds. The minimum atomic E-state index is -2.26. The number of fused-ring (bicyclic) bond motifs is 2. The first-order valence-electron chi connectivity index (χ1n) is 20.8. The van der Waals surface area contributed by atoms with Crippen molar-refractivity contribution in [2.75, 3.05) is 37.6 Å². The maximum Gasteiger partial charge on any atom is 0.407 e. The lowest BCUT2D eigenvalue weighted by Crippen LogP contribution is -2.73. The normalized spacial score (nSPS) is 28.1. The molecular formula is C45H65NO14S2. The number of nitrogens with one attached hydrogen (secondary N) is 1. The van der Waals surface area contributed by atoms with Gasteiger partial charge in [0.2, 0.25) is 5.78 Å². The second-order valence-corrected chi connectivity index (χ2v) is 19.7. The molecule has 62 heavy (non-hydrogen) atoms. The second kappa shape index (κ2) is 20.9. The van der Waals surface area contributed by atoms with Crippen LogP contribution in [0.3, 0.4) is 0 Å². The van der Waals surface area contributed by atoms with Crippen LogP contribution >= 0.6 is 23.5 Å². The first kappa shape index (κ1) is 51.0. The number of amides is 1. The van der Waals surface area contributed by atoms with Gasteiger partial charge in [-0.25, -0.2) is 14.4 Å². The van der Waals surface area contributed by atoms with Gasteiger partial charge in [0.1, 0.15) is 35.5 Å². The van der Waals surface area contributed by atoms with Crippen molar-refractivity contribution < 1.29 is 67.3 Å². The highest BCUT2D eigenvalue weighted by atomic mass is 32.2. The number of alkyl carbamates (subject to hydrolysis) is 1. The zero-order valence-electron chi connectivity index (χ0n) is 38.0. The number of ketones is 1. The first-order valence-corrected chi connectivity index (χ1v) is 23.6. The second-order valence-electron chi connectivity index (χ2n) is 18.1. The molecule has 3 aliphatic rings.